The van der Waals surface area contributed by atoms with Gasteiger partial charge in [-0.25, -0.2) is 4.39 Å². The molecule has 0 saturated heterocycles. The highest BCUT2D eigenvalue weighted by Gasteiger charge is 2.03. The lowest BCUT2D eigenvalue weighted by atomic mass is 10.2. The van der Waals surface area contributed by atoms with Crippen LogP contribution in [0.25, 0.3) is 0 Å². The van der Waals surface area contributed by atoms with Crippen LogP contribution in [0.4, 0.5) is 4.39 Å². The van der Waals surface area contributed by atoms with Crippen LogP contribution in [0.5, 0.6) is 5.75 Å². The zero-order valence-corrected chi connectivity index (χ0v) is 7.75. The van der Waals surface area contributed by atoms with Crippen LogP contribution in [0.3, 0.4) is 0 Å². The van der Waals surface area contributed by atoms with Gasteiger partial charge in [-0.1, -0.05) is 6.07 Å². The topological polar surface area (TPSA) is 29.5 Å². The van der Waals surface area contributed by atoms with Crippen LogP contribution in [0.2, 0.25) is 0 Å². The predicted molar refractivity (Wildman–Crippen MR) is 48.0 cm³/mol. The average Bonchev–Trinajstić information content (AvgIpc) is 2.02. The third-order valence-electron chi connectivity index (χ3n) is 1.62. The molecule has 0 spiro atoms. The standard InChI is InChI=1S/C10H13FO2/c1-7(2)13-6-8-3-4-9(11)5-10(8)12/h3-5,7,12H,6H2,1-2H3. The highest BCUT2D eigenvalue weighted by Crippen LogP contribution is 2.19. The molecule has 0 aliphatic heterocycles. The van der Waals surface area contributed by atoms with E-state index in [9.17, 15) is 9.50 Å². The van der Waals surface area contributed by atoms with Crippen LogP contribution in [-0.4, -0.2) is 11.2 Å². The third-order valence-corrected chi connectivity index (χ3v) is 1.62. The van der Waals surface area contributed by atoms with E-state index in [-0.39, 0.29) is 11.9 Å². The normalized spacial score (nSPS) is 10.8. The summed E-state index contributed by atoms with van der Waals surface area (Å²) in [7, 11) is 0. The first-order chi connectivity index (χ1) is 6.09. The van der Waals surface area contributed by atoms with E-state index in [2.05, 4.69) is 0 Å². The molecule has 0 fully saturated rings. The van der Waals surface area contributed by atoms with Crippen LogP contribution >= 0.6 is 0 Å². The minimum atomic E-state index is -0.439. The molecule has 0 heterocycles. The fourth-order valence-electron chi connectivity index (χ4n) is 0.916. The van der Waals surface area contributed by atoms with Crippen LogP contribution in [-0.2, 0) is 11.3 Å². The molecule has 0 unspecified atom stereocenters. The van der Waals surface area contributed by atoms with E-state index in [1.54, 1.807) is 0 Å². The van der Waals surface area contributed by atoms with Crippen LogP contribution in [0.1, 0.15) is 19.4 Å². The minimum absolute atomic E-state index is 0.0550. The van der Waals surface area contributed by atoms with Crippen molar-refractivity contribution in [2.75, 3.05) is 0 Å². The molecule has 2 nitrogen and oxygen atoms in total. The summed E-state index contributed by atoms with van der Waals surface area (Å²) in [5.74, 6) is -0.494. The van der Waals surface area contributed by atoms with Crippen molar-refractivity contribution < 1.29 is 14.2 Å². The van der Waals surface area contributed by atoms with E-state index in [0.717, 1.165) is 6.07 Å². The Labute approximate surface area is 77.0 Å². The number of hydrogen-bond acceptors (Lipinski definition) is 2. The van der Waals surface area contributed by atoms with Gasteiger partial charge in [-0.3, -0.25) is 0 Å². The van der Waals surface area contributed by atoms with Gasteiger partial charge in [-0.05, 0) is 19.9 Å². The van der Waals surface area contributed by atoms with Crippen LogP contribution < -0.4 is 0 Å². The zero-order valence-electron chi connectivity index (χ0n) is 7.75. The number of phenolic OH excluding ortho intramolecular Hbond substituents is 1. The number of halogens is 1. The maximum Gasteiger partial charge on any atom is 0.126 e. The second kappa shape index (κ2) is 4.23. The number of aromatic hydroxyl groups is 1. The van der Waals surface area contributed by atoms with Crippen molar-refractivity contribution >= 4 is 0 Å². The zero-order chi connectivity index (χ0) is 9.84. The van der Waals surface area contributed by atoms with Crippen molar-refractivity contribution in [1.29, 1.82) is 0 Å². The quantitative estimate of drug-likeness (QED) is 0.781. The van der Waals surface area contributed by atoms with Crippen LogP contribution in [0, 0.1) is 5.82 Å². The minimum Gasteiger partial charge on any atom is -0.507 e. The molecule has 1 N–H and O–H groups in total. The summed E-state index contributed by atoms with van der Waals surface area (Å²) >= 11 is 0. The first kappa shape index (κ1) is 9.99. The fraction of sp³-hybridized carbons (Fsp3) is 0.400. The molecule has 0 amide bonds. The summed E-state index contributed by atoms with van der Waals surface area (Å²) in [4.78, 5) is 0. The average molecular weight is 184 g/mol. The van der Waals surface area contributed by atoms with Crippen molar-refractivity contribution in [3.05, 3.63) is 29.6 Å². The highest BCUT2D eigenvalue weighted by molar-refractivity contribution is 5.31. The number of hydrogen-bond donors (Lipinski definition) is 1. The SMILES string of the molecule is CC(C)OCc1ccc(F)cc1O. The second-order valence-electron chi connectivity index (χ2n) is 3.13. The Bertz CT molecular complexity index is 284. The summed E-state index contributed by atoms with van der Waals surface area (Å²) in [5, 5.41) is 9.28. The highest BCUT2D eigenvalue weighted by atomic mass is 19.1. The molecule has 0 aliphatic carbocycles. The predicted octanol–water partition coefficient (Wildman–Crippen LogP) is 2.46. The number of rotatable bonds is 3. The van der Waals surface area contributed by atoms with Crippen molar-refractivity contribution in [2.45, 2.75) is 26.6 Å². The summed E-state index contributed by atoms with van der Waals surface area (Å²) in [6.07, 6.45) is 0.101. The second-order valence-corrected chi connectivity index (χ2v) is 3.13. The summed E-state index contributed by atoms with van der Waals surface area (Å²) < 4.78 is 17.8. The van der Waals surface area contributed by atoms with Crippen molar-refractivity contribution in [3.63, 3.8) is 0 Å². The van der Waals surface area contributed by atoms with Gasteiger partial charge in [0, 0.05) is 11.6 Å². The molecule has 0 aromatic heterocycles. The monoisotopic (exact) mass is 184 g/mol. The van der Waals surface area contributed by atoms with Gasteiger partial charge in [0.05, 0.1) is 12.7 Å². The molecule has 13 heavy (non-hydrogen) atoms. The van der Waals surface area contributed by atoms with E-state index in [4.69, 9.17) is 4.74 Å². The summed E-state index contributed by atoms with van der Waals surface area (Å²) in [5.41, 5.74) is 0.607. The van der Waals surface area contributed by atoms with Gasteiger partial charge in [0.2, 0.25) is 0 Å². The first-order valence-corrected chi connectivity index (χ1v) is 4.18. The molecule has 0 aliphatic rings. The molecule has 1 aromatic carbocycles. The third kappa shape index (κ3) is 3.03. The molecule has 72 valence electrons. The van der Waals surface area contributed by atoms with E-state index in [1.165, 1.54) is 12.1 Å². The summed E-state index contributed by atoms with van der Waals surface area (Å²) in [6, 6.07) is 3.91. The molecule has 1 aromatic rings. The van der Waals surface area contributed by atoms with Gasteiger partial charge in [0.25, 0.3) is 0 Å². The first-order valence-electron chi connectivity index (χ1n) is 4.18. The van der Waals surface area contributed by atoms with Crippen molar-refractivity contribution in [3.8, 4) is 5.75 Å². The largest absolute Gasteiger partial charge is 0.507 e. The Kier molecular flexibility index (Phi) is 3.25. The summed E-state index contributed by atoms with van der Waals surface area (Å²) in [6.45, 7) is 4.12. The smallest absolute Gasteiger partial charge is 0.126 e. The Morgan fingerprint density at radius 1 is 1.46 bits per heavy atom. The van der Waals surface area contributed by atoms with Crippen molar-refractivity contribution in [1.82, 2.24) is 0 Å². The molecular weight excluding hydrogens is 171 g/mol. The molecule has 0 saturated carbocycles. The lowest BCUT2D eigenvalue weighted by Gasteiger charge is -2.08. The lowest BCUT2D eigenvalue weighted by Crippen LogP contribution is -2.02. The van der Waals surface area contributed by atoms with E-state index in [1.807, 2.05) is 13.8 Å². The molecule has 0 atom stereocenters. The maximum absolute atomic E-state index is 12.5. The van der Waals surface area contributed by atoms with Gasteiger partial charge in [0.1, 0.15) is 11.6 Å². The van der Waals surface area contributed by atoms with E-state index in [0.29, 0.717) is 12.2 Å². The Balaban J connectivity index is 2.67. The van der Waals surface area contributed by atoms with Gasteiger partial charge in [-0.15, -0.1) is 0 Å². The molecule has 1 rings (SSSR count). The number of ether oxygens (including phenoxy) is 1. The Hall–Kier alpha value is -1.09. The van der Waals surface area contributed by atoms with Crippen molar-refractivity contribution in [2.24, 2.45) is 0 Å². The Morgan fingerprint density at radius 2 is 2.15 bits per heavy atom. The van der Waals surface area contributed by atoms with Crippen LogP contribution in [0.15, 0.2) is 18.2 Å². The van der Waals surface area contributed by atoms with E-state index < -0.39 is 5.82 Å². The molecule has 0 bridgehead atoms. The van der Waals surface area contributed by atoms with E-state index >= 15 is 0 Å². The number of benzene rings is 1. The van der Waals surface area contributed by atoms with Gasteiger partial charge in [0.15, 0.2) is 0 Å². The van der Waals surface area contributed by atoms with Gasteiger partial charge >= 0.3 is 0 Å². The molecule has 0 radical (unpaired) electrons. The molecular formula is C10H13FO2. The lowest BCUT2D eigenvalue weighted by molar-refractivity contribution is 0.0644. The number of phenols is 1. The Morgan fingerprint density at radius 3 is 2.69 bits per heavy atom. The molecule has 3 heteroatoms. The maximum atomic E-state index is 12.5. The van der Waals surface area contributed by atoms with Gasteiger partial charge in [-0.2, -0.15) is 0 Å². The fourth-order valence-corrected chi connectivity index (χ4v) is 0.916. The van der Waals surface area contributed by atoms with Gasteiger partial charge < -0.3 is 9.84 Å².